The molecule has 3 N–H and O–H groups in total. The summed E-state index contributed by atoms with van der Waals surface area (Å²) in [6.07, 6.45) is 7.37. The summed E-state index contributed by atoms with van der Waals surface area (Å²) < 4.78 is 1.75. The molecule has 1 saturated carbocycles. The number of pyridine rings is 1. The van der Waals surface area contributed by atoms with Crippen LogP contribution in [0.25, 0.3) is 16.4 Å². The molecule has 176 valence electrons. The number of benzene rings is 1. The summed E-state index contributed by atoms with van der Waals surface area (Å²) in [7, 11) is 0. The highest BCUT2D eigenvalue weighted by Gasteiger charge is 2.43. The third-order valence-corrected chi connectivity index (χ3v) is 7.36. The van der Waals surface area contributed by atoms with Gasteiger partial charge in [0, 0.05) is 17.6 Å². The number of amides is 1. The average Bonchev–Trinajstić information content (AvgIpc) is 3.25. The molecule has 1 unspecified atom stereocenters. The maximum atomic E-state index is 12.9. The minimum absolute atomic E-state index is 0.120. The van der Waals surface area contributed by atoms with Gasteiger partial charge in [0.25, 0.3) is 11.5 Å². The van der Waals surface area contributed by atoms with Gasteiger partial charge in [-0.05, 0) is 61.8 Å². The second-order valence-corrected chi connectivity index (χ2v) is 9.48. The third-order valence-electron chi connectivity index (χ3n) is 7.36. The summed E-state index contributed by atoms with van der Waals surface area (Å²) in [5.41, 5.74) is 2.80. The Morgan fingerprint density at radius 2 is 2.06 bits per heavy atom. The highest BCUT2D eigenvalue weighted by molar-refractivity contribution is 5.93. The number of hydrogen-bond donors (Lipinski definition) is 3. The Labute approximate surface area is 197 Å². The van der Waals surface area contributed by atoms with Crippen LogP contribution in [0.3, 0.4) is 0 Å². The van der Waals surface area contributed by atoms with Crippen LogP contribution >= 0.6 is 0 Å². The zero-order valence-corrected chi connectivity index (χ0v) is 19.4. The number of nitrogens with zero attached hydrogens (tertiary/aromatic N) is 3. The first-order valence-corrected chi connectivity index (χ1v) is 11.8. The number of H-pyrrole nitrogens is 1. The molecule has 0 spiro atoms. The molecule has 0 aliphatic heterocycles. The summed E-state index contributed by atoms with van der Waals surface area (Å²) in [5, 5.41) is 21.5. The number of hydrogen-bond acceptors (Lipinski definition) is 5. The van der Waals surface area contributed by atoms with Gasteiger partial charge in [0.1, 0.15) is 11.3 Å². The molecule has 3 aromatic heterocycles. The molecule has 8 heteroatoms. The topological polar surface area (TPSA) is 112 Å². The Morgan fingerprint density at radius 3 is 2.79 bits per heavy atom. The number of aromatic nitrogens is 4. The van der Waals surface area contributed by atoms with Crippen LogP contribution < -0.4 is 10.9 Å². The smallest absolute Gasteiger partial charge is 0.272 e. The van der Waals surface area contributed by atoms with Crippen molar-refractivity contribution in [3.8, 4) is 0 Å². The minimum Gasteiger partial charge on any atom is -0.389 e. The third kappa shape index (κ3) is 3.98. The van der Waals surface area contributed by atoms with E-state index in [0.29, 0.717) is 16.7 Å². The Balaban J connectivity index is 1.24. The Hall–Kier alpha value is -3.52. The van der Waals surface area contributed by atoms with E-state index in [9.17, 15) is 14.7 Å². The van der Waals surface area contributed by atoms with E-state index < -0.39 is 6.10 Å². The maximum absolute atomic E-state index is 12.9. The maximum Gasteiger partial charge on any atom is 0.272 e. The van der Waals surface area contributed by atoms with Gasteiger partial charge in [-0.1, -0.05) is 31.5 Å². The van der Waals surface area contributed by atoms with Gasteiger partial charge in [-0.2, -0.15) is 5.10 Å². The highest BCUT2D eigenvalue weighted by Crippen LogP contribution is 2.47. The van der Waals surface area contributed by atoms with Crippen LogP contribution in [0.2, 0.25) is 0 Å². The zero-order valence-electron chi connectivity index (χ0n) is 19.4. The second-order valence-electron chi connectivity index (χ2n) is 9.48. The largest absolute Gasteiger partial charge is 0.389 e. The van der Waals surface area contributed by atoms with Gasteiger partial charge in [0.15, 0.2) is 0 Å². The van der Waals surface area contributed by atoms with Crippen molar-refractivity contribution in [2.45, 2.75) is 58.1 Å². The SMILES string of the molecule is CC[C@]1(CCc2n[nH]c(=O)c3ccccc23)C[C@H](NC(=O)c2cnc3cc(C(C)O)ccn23)C1. The molecule has 4 aromatic rings. The first-order chi connectivity index (χ1) is 16.4. The summed E-state index contributed by atoms with van der Waals surface area (Å²) in [4.78, 5) is 29.3. The minimum atomic E-state index is -0.583. The van der Waals surface area contributed by atoms with Crippen LogP contribution in [-0.2, 0) is 6.42 Å². The number of aromatic amines is 1. The predicted octanol–water partition coefficient (Wildman–Crippen LogP) is 3.55. The van der Waals surface area contributed by atoms with Crippen molar-refractivity contribution in [1.29, 1.82) is 0 Å². The predicted molar refractivity (Wildman–Crippen MR) is 130 cm³/mol. The zero-order chi connectivity index (χ0) is 23.9. The van der Waals surface area contributed by atoms with Crippen molar-refractivity contribution in [3.05, 3.63) is 76.1 Å². The molecule has 0 radical (unpaired) electrons. The Bertz CT molecular complexity index is 1420. The Morgan fingerprint density at radius 1 is 1.29 bits per heavy atom. The van der Waals surface area contributed by atoms with Crippen LogP contribution in [0.1, 0.15) is 67.4 Å². The summed E-state index contributed by atoms with van der Waals surface area (Å²) in [6, 6.07) is 11.3. The van der Waals surface area contributed by atoms with Gasteiger partial charge in [-0.3, -0.25) is 14.0 Å². The molecule has 1 aliphatic rings. The molecular weight excluding hydrogens is 430 g/mol. The lowest BCUT2D eigenvalue weighted by Gasteiger charge is -2.48. The van der Waals surface area contributed by atoms with Gasteiger partial charge in [-0.25, -0.2) is 10.1 Å². The number of carbonyl (C=O) groups excluding carboxylic acids is 1. The van der Waals surface area contributed by atoms with Crippen molar-refractivity contribution in [2.24, 2.45) is 5.41 Å². The fraction of sp³-hybridized carbons (Fsp3) is 0.385. The lowest BCUT2D eigenvalue weighted by atomic mass is 9.61. The number of imidazole rings is 1. The van der Waals surface area contributed by atoms with Crippen molar-refractivity contribution in [3.63, 3.8) is 0 Å². The standard InChI is InChI=1S/C26H29N5O3/c1-3-26(10-8-21-19-6-4-5-7-20(19)24(33)30-29-21)13-18(14-26)28-25(34)22-15-27-23-12-17(16(2)32)9-11-31(22)23/h4-7,9,11-12,15-16,18,32H,3,8,10,13-14H2,1-2H3,(H,28,34)(H,30,33)/t16?,18-,26-. The van der Waals surface area contributed by atoms with Crippen molar-refractivity contribution < 1.29 is 9.90 Å². The average molecular weight is 460 g/mol. The number of fused-ring (bicyclic) bond motifs is 2. The quantitative estimate of drug-likeness (QED) is 0.391. The van der Waals surface area contributed by atoms with E-state index in [0.717, 1.165) is 48.7 Å². The summed E-state index contributed by atoms with van der Waals surface area (Å²) in [6.45, 7) is 3.90. The lowest BCUT2D eigenvalue weighted by Crippen LogP contribution is -2.51. The summed E-state index contributed by atoms with van der Waals surface area (Å²) in [5.74, 6) is -0.139. The molecule has 1 aromatic carbocycles. The van der Waals surface area contributed by atoms with E-state index in [4.69, 9.17) is 0 Å². The van der Waals surface area contributed by atoms with Gasteiger partial charge >= 0.3 is 0 Å². The monoisotopic (exact) mass is 459 g/mol. The van der Waals surface area contributed by atoms with Crippen LogP contribution in [0.5, 0.6) is 0 Å². The van der Waals surface area contributed by atoms with Crippen molar-refractivity contribution in [1.82, 2.24) is 24.9 Å². The van der Waals surface area contributed by atoms with Crippen LogP contribution in [0.4, 0.5) is 0 Å². The molecule has 0 saturated heterocycles. The van der Waals surface area contributed by atoms with E-state index in [2.05, 4.69) is 27.4 Å². The van der Waals surface area contributed by atoms with Crippen LogP contribution in [-0.4, -0.2) is 36.6 Å². The highest BCUT2D eigenvalue weighted by atomic mass is 16.3. The normalized spacial score (nSPS) is 20.9. The molecule has 34 heavy (non-hydrogen) atoms. The molecule has 1 atom stereocenters. The number of rotatable bonds is 7. The molecule has 1 fully saturated rings. The first kappa shape index (κ1) is 22.3. The molecule has 8 nitrogen and oxygen atoms in total. The van der Waals surface area contributed by atoms with E-state index >= 15 is 0 Å². The Kier molecular flexibility index (Phi) is 5.69. The van der Waals surface area contributed by atoms with Gasteiger partial charge in [-0.15, -0.1) is 0 Å². The van der Waals surface area contributed by atoms with Crippen molar-refractivity contribution >= 4 is 22.3 Å². The number of aliphatic hydroxyl groups is 1. The fourth-order valence-corrected chi connectivity index (χ4v) is 5.19. The summed E-state index contributed by atoms with van der Waals surface area (Å²) >= 11 is 0. The second kappa shape index (κ2) is 8.68. The lowest BCUT2D eigenvalue weighted by molar-refractivity contribution is 0.0568. The molecule has 3 heterocycles. The van der Waals surface area contributed by atoms with Gasteiger partial charge in [0.2, 0.25) is 0 Å². The molecule has 1 amide bonds. The van der Waals surface area contributed by atoms with E-state index in [1.54, 1.807) is 35.9 Å². The van der Waals surface area contributed by atoms with E-state index in [1.807, 2.05) is 24.3 Å². The molecule has 5 rings (SSSR count). The number of nitrogens with one attached hydrogen (secondary N) is 2. The van der Waals surface area contributed by atoms with Crippen LogP contribution in [0, 0.1) is 5.41 Å². The number of carbonyl (C=O) groups is 1. The first-order valence-electron chi connectivity index (χ1n) is 11.8. The van der Waals surface area contributed by atoms with E-state index in [1.165, 1.54) is 0 Å². The van der Waals surface area contributed by atoms with Gasteiger partial charge < -0.3 is 10.4 Å². The number of aryl methyl sites for hydroxylation is 1. The van der Waals surface area contributed by atoms with E-state index in [-0.39, 0.29) is 22.9 Å². The van der Waals surface area contributed by atoms with Crippen molar-refractivity contribution in [2.75, 3.05) is 0 Å². The molecular formula is C26H29N5O3. The molecule has 0 bridgehead atoms. The van der Waals surface area contributed by atoms with Gasteiger partial charge in [0.05, 0.1) is 23.4 Å². The number of aliphatic hydroxyl groups excluding tert-OH is 1. The fourth-order valence-electron chi connectivity index (χ4n) is 5.19. The molecule has 1 aliphatic carbocycles. The van der Waals surface area contributed by atoms with Crippen LogP contribution in [0.15, 0.2) is 53.6 Å².